The fourth-order valence-corrected chi connectivity index (χ4v) is 3.27. The van der Waals surface area contributed by atoms with Gasteiger partial charge in [0.15, 0.2) is 5.13 Å². The molecule has 0 aliphatic heterocycles. The number of benzene rings is 1. The largest absolute Gasteiger partial charge is 0.466 e. The van der Waals surface area contributed by atoms with Crippen molar-refractivity contribution in [1.29, 1.82) is 0 Å². The number of aromatic nitrogens is 3. The maximum absolute atomic E-state index is 12.3. The van der Waals surface area contributed by atoms with E-state index in [0.29, 0.717) is 23.1 Å². The highest BCUT2D eigenvalue weighted by Gasteiger charge is 2.12. The number of hydrogen-bond acceptors (Lipinski definition) is 7. The number of esters is 1. The first-order valence-corrected chi connectivity index (χ1v) is 9.87. The van der Waals surface area contributed by atoms with Gasteiger partial charge < -0.3 is 10.1 Å². The summed E-state index contributed by atoms with van der Waals surface area (Å²) in [6, 6.07) is 10.7. The quantitative estimate of drug-likeness (QED) is 0.598. The van der Waals surface area contributed by atoms with Gasteiger partial charge in [-0.05, 0) is 19.9 Å². The van der Waals surface area contributed by atoms with E-state index in [-0.39, 0.29) is 24.5 Å². The van der Waals surface area contributed by atoms with Crippen molar-refractivity contribution in [1.82, 2.24) is 14.8 Å². The molecular weight excluding hydrogens is 392 g/mol. The van der Waals surface area contributed by atoms with Crippen LogP contribution in [0, 0.1) is 6.92 Å². The number of carbonyl (C=O) groups is 2. The summed E-state index contributed by atoms with van der Waals surface area (Å²) in [6.07, 6.45) is 0.0415. The fraction of sp³-hybridized carbons (Fsp3) is 0.250. The highest BCUT2D eigenvalue weighted by molar-refractivity contribution is 7.13. The minimum Gasteiger partial charge on any atom is -0.466 e. The van der Waals surface area contributed by atoms with Crippen LogP contribution in [0.15, 0.2) is 46.6 Å². The lowest BCUT2D eigenvalue weighted by molar-refractivity contribution is -0.142. The molecule has 1 N–H and O–H groups in total. The first kappa shape index (κ1) is 20.4. The monoisotopic (exact) mass is 412 g/mol. The number of nitrogens with one attached hydrogen (secondary N) is 1. The van der Waals surface area contributed by atoms with Gasteiger partial charge >= 0.3 is 5.97 Å². The maximum atomic E-state index is 12.3. The smallest absolute Gasteiger partial charge is 0.311 e. The van der Waals surface area contributed by atoms with Gasteiger partial charge in [-0.15, -0.1) is 11.3 Å². The third kappa shape index (κ3) is 5.58. The molecule has 0 saturated carbocycles. The standard InChI is InChI=1S/C20H20N4O4S/c1-3-28-19(27)10-15-12-29-20(21-15)22-17(25)11-24-18(26)9-8-16(23-24)14-6-4-13(2)5-7-14/h4-9,12H,3,10-11H2,1-2H3,(H,21,22,25). The molecule has 0 spiro atoms. The maximum Gasteiger partial charge on any atom is 0.311 e. The molecule has 0 fully saturated rings. The summed E-state index contributed by atoms with van der Waals surface area (Å²) in [5.41, 5.74) is 2.71. The van der Waals surface area contributed by atoms with Crippen LogP contribution in [0.2, 0.25) is 0 Å². The van der Waals surface area contributed by atoms with E-state index in [1.165, 1.54) is 17.4 Å². The Morgan fingerprint density at radius 3 is 2.66 bits per heavy atom. The third-order valence-electron chi connectivity index (χ3n) is 3.94. The van der Waals surface area contributed by atoms with Gasteiger partial charge in [0.05, 0.1) is 24.4 Å². The Labute approximate surface area is 171 Å². The van der Waals surface area contributed by atoms with Gasteiger partial charge in [0, 0.05) is 17.0 Å². The minimum atomic E-state index is -0.433. The molecule has 2 heterocycles. The highest BCUT2D eigenvalue weighted by Crippen LogP contribution is 2.17. The van der Waals surface area contributed by atoms with Crippen LogP contribution in [0.5, 0.6) is 0 Å². The van der Waals surface area contributed by atoms with Gasteiger partial charge in [-0.3, -0.25) is 14.4 Å². The minimum absolute atomic E-state index is 0.0415. The number of thiazole rings is 1. The van der Waals surface area contributed by atoms with E-state index in [4.69, 9.17) is 4.74 Å². The Morgan fingerprint density at radius 1 is 1.17 bits per heavy atom. The molecule has 0 unspecified atom stereocenters. The summed E-state index contributed by atoms with van der Waals surface area (Å²) in [7, 11) is 0. The molecule has 0 radical (unpaired) electrons. The van der Waals surface area contributed by atoms with Crippen LogP contribution in [-0.2, 0) is 27.3 Å². The summed E-state index contributed by atoms with van der Waals surface area (Å²) >= 11 is 1.20. The summed E-state index contributed by atoms with van der Waals surface area (Å²) in [6.45, 7) is 3.77. The van der Waals surface area contributed by atoms with E-state index in [1.807, 2.05) is 31.2 Å². The van der Waals surface area contributed by atoms with E-state index in [9.17, 15) is 14.4 Å². The van der Waals surface area contributed by atoms with Crippen LogP contribution in [-0.4, -0.2) is 33.2 Å². The Bertz CT molecular complexity index is 1070. The molecule has 0 bridgehead atoms. The second-order valence-corrected chi connectivity index (χ2v) is 7.11. The predicted molar refractivity (Wildman–Crippen MR) is 110 cm³/mol. The van der Waals surface area contributed by atoms with E-state index >= 15 is 0 Å². The van der Waals surface area contributed by atoms with Crippen molar-refractivity contribution in [3.05, 3.63) is 63.4 Å². The van der Waals surface area contributed by atoms with Crippen LogP contribution in [0.25, 0.3) is 11.3 Å². The first-order chi connectivity index (χ1) is 13.9. The summed E-state index contributed by atoms with van der Waals surface area (Å²) in [5, 5.41) is 8.93. The molecule has 29 heavy (non-hydrogen) atoms. The zero-order valence-corrected chi connectivity index (χ0v) is 16.9. The first-order valence-electron chi connectivity index (χ1n) is 8.99. The molecule has 3 rings (SSSR count). The van der Waals surface area contributed by atoms with Crippen molar-refractivity contribution in [2.45, 2.75) is 26.8 Å². The number of carbonyl (C=O) groups excluding carboxylic acids is 2. The van der Waals surface area contributed by atoms with Gasteiger partial charge in [0.1, 0.15) is 6.54 Å². The topological polar surface area (TPSA) is 103 Å². The van der Waals surface area contributed by atoms with E-state index < -0.39 is 5.91 Å². The molecule has 2 aromatic heterocycles. The Balaban J connectivity index is 1.67. The molecular formula is C20H20N4O4S. The normalized spacial score (nSPS) is 10.6. The Morgan fingerprint density at radius 2 is 1.93 bits per heavy atom. The highest BCUT2D eigenvalue weighted by atomic mass is 32.1. The van der Waals surface area contributed by atoms with Crippen LogP contribution >= 0.6 is 11.3 Å². The fourth-order valence-electron chi connectivity index (χ4n) is 2.54. The van der Waals surface area contributed by atoms with Gasteiger partial charge in [0.25, 0.3) is 5.56 Å². The predicted octanol–water partition coefficient (Wildman–Crippen LogP) is 2.42. The number of hydrogen-bond donors (Lipinski definition) is 1. The summed E-state index contributed by atoms with van der Waals surface area (Å²) in [4.78, 5) is 40.1. The third-order valence-corrected chi connectivity index (χ3v) is 4.74. The Kier molecular flexibility index (Phi) is 6.50. The van der Waals surface area contributed by atoms with Crippen molar-refractivity contribution >= 4 is 28.3 Å². The number of rotatable bonds is 7. The van der Waals surface area contributed by atoms with E-state index in [0.717, 1.165) is 15.8 Å². The van der Waals surface area contributed by atoms with Crippen molar-refractivity contribution < 1.29 is 14.3 Å². The average molecular weight is 412 g/mol. The van der Waals surface area contributed by atoms with Gasteiger partial charge in [0.2, 0.25) is 5.91 Å². The van der Waals surface area contributed by atoms with Gasteiger partial charge in [-0.25, -0.2) is 9.67 Å². The second-order valence-electron chi connectivity index (χ2n) is 6.25. The molecule has 0 saturated heterocycles. The molecule has 9 heteroatoms. The molecule has 1 aromatic carbocycles. The molecule has 8 nitrogen and oxygen atoms in total. The molecule has 3 aromatic rings. The Hall–Kier alpha value is -3.33. The second kappa shape index (κ2) is 9.24. The van der Waals surface area contributed by atoms with Crippen LogP contribution < -0.4 is 10.9 Å². The summed E-state index contributed by atoms with van der Waals surface area (Å²) in [5.74, 6) is -0.808. The van der Waals surface area contributed by atoms with Gasteiger partial charge in [-0.1, -0.05) is 29.8 Å². The number of nitrogens with zero attached hydrogens (tertiary/aromatic N) is 3. The van der Waals surface area contributed by atoms with Crippen LogP contribution in [0.3, 0.4) is 0 Å². The molecule has 1 amide bonds. The van der Waals surface area contributed by atoms with Crippen LogP contribution in [0.1, 0.15) is 18.2 Å². The van der Waals surface area contributed by atoms with E-state index in [2.05, 4.69) is 15.4 Å². The number of ether oxygens (including phenoxy) is 1. The number of amides is 1. The molecule has 150 valence electrons. The van der Waals surface area contributed by atoms with Crippen LogP contribution in [0.4, 0.5) is 5.13 Å². The zero-order chi connectivity index (χ0) is 20.8. The van der Waals surface area contributed by atoms with E-state index in [1.54, 1.807) is 18.4 Å². The van der Waals surface area contributed by atoms with Crippen molar-refractivity contribution in [2.75, 3.05) is 11.9 Å². The lowest BCUT2D eigenvalue weighted by Gasteiger charge is -2.07. The number of aryl methyl sites for hydroxylation is 1. The molecule has 0 aliphatic carbocycles. The van der Waals surface area contributed by atoms with Crippen molar-refractivity contribution in [2.24, 2.45) is 0 Å². The lowest BCUT2D eigenvalue weighted by Crippen LogP contribution is -2.29. The van der Waals surface area contributed by atoms with Gasteiger partial charge in [-0.2, -0.15) is 5.10 Å². The lowest BCUT2D eigenvalue weighted by atomic mass is 10.1. The SMILES string of the molecule is CCOC(=O)Cc1csc(NC(=O)Cn2nc(-c3ccc(C)cc3)ccc2=O)n1. The molecule has 0 atom stereocenters. The number of anilines is 1. The van der Waals surface area contributed by atoms with Crippen molar-refractivity contribution in [3.8, 4) is 11.3 Å². The van der Waals surface area contributed by atoms with Crippen molar-refractivity contribution in [3.63, 3.8) is 0 Å². The zero-order valence-electron chi connectivity index (χ0n) is 16.0. The average Bonchev–Trinajstić information content (AvgIpc) is 3.11. The molecule has 0 aliphatic rings. The summed E-state index contributed by atoms with van der Waals surface area (Å²) < 4.78 is 5.98.